The molecule has 1 aromatic heterocycles. The number of ether oxygens (including phenoxy) is 2. The Hall–Kier alpha value is -2.22. The van der Waals surface area contributed by atoms with Crippen LogP contribution in [-0.2, 0) is 20.8 Å². The fourth-order valence-corrected chi connectivity index (χ4v) is 4.55. The third-order valence-electron chi connectivity index (χ3n) is 6.00. The second-order valence-electron chi connectivity index (χ2n) is 8.45. The molecule has 0 bridgehead atoms. The van der Waals surface area contributed by atoms with Crippen LogP contribution in [0.15, 0.2) is 36.4 Å². The summed E-state index contributed by atoms with van der Waals surface area (Å²) < 4.78 is 13.7. The molecular weight excluding hydrogens is 380 g/mol. The molecule has 0 radical (unpaired) electrons. The molecule has 1 spiro atoms. The molecule has 1 fully saturated rings. The van der Waals surface area contributed by atoms with Crippen LogP contribution in [0.3, 0.4) is 0 Å². The van der Waals surface area contributed by atoms with E-state index in [1.54, 1.807) is 7.11 Å². The van der Waals surface area contributed by atoms with Gasteiger partial charge >= 0.3 is 0 Å². The fourth-order valence-electron chi connectivity index (χ4n) is 4.55. The van der Waals surface area contributed by atoms with Crippen LogP contribution in [0.25, 0.3) is 11.0 Å². The molecular formula is C23H32N4O3. The summed E-state index contributed by atoms with van der Waals surface area (Å²) in [6, 6.07) is 8.58. The summed E-state index contributed by atoms with van der Waals surface area (Å²) in [6.45, 7) is 8.69. The molecule has 30 heavy (non-hydrogen) atoms. The largest absolute Gasteiger partial charge is 0.383 e. The molecule has 1 unspecified atom stereocenters. The van der Waals surface area contributed by atoms with Crippen LogP contribution in [0.4, 0.5) is 0 Å². The number of para-hydroxylation sites is 2. The first-order chi connectivity index (χ1) is 14.5. The van der Waals surface area contributed by atoms with Crippen LogP contribution >= 0.6 is 0 Å². The van der Waals surface area contributed by atoms with Crippen LogP contribution in [0.1, 0.15) is 32.1 Å². The molecule has 2 aromatic rings. The number of carbonyl (C=O) groups excluding carboxylic acids is 1. The summed E-state index contributed by atoms with van der Waals surface area (Å²) in [5.41, 5.74) is 1.35. The van der Waals surface area contributed by atoms with Gasteiger partial charge in [-0.25, -0.2) is 4.98 Å². The number of morpholine rings is 1. The average Bonchev–Trinajstić information content (AvgIpc) is 3.04. The number of nitrogens with zero attached hydrogens (tertiary/aromatic N) is 4. The Bertz CT molecular complexity index is 922. The summed E-state index contributed by atoms with van der Waals surface area (Å²) >= 11 is 0. The third kappa shape index (κ3) is 4.02. The topological polar surface area (TPSA) is 59.8 Å². The van der Waals surface area contributed by atoms with Crippen molar-refractivity contribution >= 4 is 16.9 Å². The van der Waals surface area contributed by atoms with Gasteiger partial charge in [-0.05, 0) is 26.0 Å². The van der Waals surface area contributed by atoms with Crippen molar-refractivity contribution in [3.05, 3.63) is 42.2 Å². The minimum Gasteiger partial charge on any atom is -0.383 e. The van der Waals surface area contributed by atoms with E-state index in [1.807, 2.05) is 11.0 Å². The minimum absolute atomic E-state index is 0.0617. The maximum atomic E-state index is 13.4. The molecule has 1 saturated heterocycles. The van der Waals surface area contributed by atoms with Gasteiger partial charge in [0.15, 0.2) is 5.60 Å². The van der Waals surface area contributed by atoms with Crippen molar-refractivity contribution in [1.82, 2.24) is 19.4 Å². The predicted molar refractivity (Wildman–Crippen MR) is 116 cm³/mol. The van der Waals surface area contributed by atoms with E-state index in [-0.39, 0.29) is 5.91 Å². The van der Waals surface area contributed by atoms with Crippen molar-refractivity contribution in [2.75, 3.05) is 46.5 Å². The Balaban J connectivity index is 1.57. The summed E-state index contributed by atoms with van der Waals surface area (Å²) in [6.07, 6.45) is 4.74. The van der Waals surface area contributed by atoms with Crippen LogP contribution in [0.2, 0.25) is 0 Å². The van der Waals surface area contributed by atoms with E-state index in [2.05, 4.69) is 53.7 Å². The highest BCUT2D eigenvalue weighted by molar-refractivity contribution is 5.86. The highest BCUT2D eigenvalue weighted by Gasteiger charge is 2.46. The Morgan fingerprint density at radius 3 is 2.90 bits per heavy atom. The van der Waals surface area contributed by atoms with Crippen molar-refractivity contribution in [2.24, 2.45) is 0 Å². The van der Waals surface area contributed by atoms with E-state index in [0.717, 1.165) is 23.4 Å². The SMILES string of the molecule is COCCN1CC=CCC2(CN(Cc3nc4ccccc4n3C(C)C)CCO2)C1=O. The van der Waals surface area contributed by atoms with Crippen molar-refractivity contribution in [1.29, 1.82) is 0 Å². The highest BCUT2D eigenvalue weighted by Crippen LogP contribution is 2.29. The van der Waals surface area contributed by atoms with Gasteiger partial charge in [-0.15, -0.1) is 0 Å². The quantitative estimate of drug-likeness (QED) is 0.683. The first-order valence-electron chi connectivity index (χ1n) is 10.8. The Kier molecular flexibility index (Phi) is 6.22. The molecule has 1 aromatic carbocycles. The number of carbonyl (C=O) groups is 1. The zero-order valence-corrected chi connectivity index (χ0v) is 18.2. The first kappa shape index (κ1) is 21.0. The fraction of sp³-hybridized carbons (Fsp3) is 0.565. The van der Waals surface area contributed by atoms with Crippen molar-refractivity contribution in [3.8, 4) is 0 Å². The van der Waals surface area contributed by atoms with Crippen molar-refractivity contribution in [2.45, 2.75) is 38.5 Å². The highest BCUT2D eigenvalue weighted by atomic mass is 16.5. The van der Waals surface area contributed by atoms with Gasteiger partial charge in [0.25, 0.3) is 5.91 Å². The van der Waals surface area contributed by atoms with E-state index in [0.29, 0.717) is 51.9 Å². The summed E-state index contributed by atoms with van der Waals surface area (Å²) in [5, 5.41) is 0. The smallest absolute Gasteiger partial charge is 0.256 e. The normalized spacial score (nSPS) is 23.1. The molecule has 0 aliphatic carbocycles. The molecule has 4 rings (SSSR count). The lowest BCUT2D eigenvalue weighted by molar-refractivity contribution is -0.170. The second kappa shape index (κ2) is 8.88. The molecule has 1 amide bonds. The number of hydrogen-bond acceptors (Lipinski definition) is 5. The van der Waals surface area contributed by atoms with Crippen molar-refractivity contribution in [3.63, 3.8) is 0 Å². The maximum absolute atomic E-state index is 13.4. The lowest BCUT2D eigenvalue weighted by Crippen LogP contribution is -2.60. The zero-order valence-electron chi connectivity index (χ0n) is 18.2. The van der Waals surface area contributed by atoms with Crippen LogP contribution < -0.4 is 0 Å². The van der Waals surface area contributed by atoms with Gasteiger partial charge in [-0.3, -0.25) is 9.69 Å². The van der Waals surface area contributed by atoms with E-state index in [4.69, 9.17) is 14.5 Å². The van der Waals surface area contributed by atoms with Gasteiger partial charge in [0.05, 0.1) is 30.8 Å². The van der Waals surface area contributed by atoms with E-state index < -0.39 is 5.60 Å². The molecule has 162 valence electrons. The van der Waals surface area contributed by atoms with Gasteiger partial charge in [-0.1, -0.05) is 24.3 Å². The van der Waals surface area contributed by atoms with Gasteiger partial charge in [0.2, 0.25) is 0 Å². The summed E-state index contributed by atoms with van der Waals surface area (Å²) in [5.74, 6) is 1.10. The van der Waals surface area contributed by atoms with Gasteiger partial charge in [0.1, 0.15) is 5.82 Å². The molecule has 0 N–H and O–H groups in total. The predicted octanol–water partition coefficient (Wildman–Crippen LogP) is 2.62. The van der Waals surface area contributed by atoms with E-state index in [9.17, 15) is 4.79 Å². The molecule has 7 heteroatoms. The van der Waals surface area contributed by atoms with Crippen LogP contribution in [0.5, 0.6) is 0 Å². The number of amides is 1. The van der Waals surface area contributed by atoms with Crippen LogP contribution in [-0.4, -0.2) is 77.4 Å². The number of fused-ring (bicyclic) bond motifs is 1. The lowest BCUT2D eigenvalue weighted by atomic mass is 9.95. The number of hydrogen-bond donors (Lipinski definition) is 0. The zero-order chi connectivity index (χ0) is 21.1. The number of imidazole rings is 1. The van der Waals surface area contributed by atoms with Gasteiger partial charge in [0, 0.05) is 45.8 Å². The number of benzene rings is 1. The molecule has 2 aliphatic rings. The molecule has 0 saturated carbocycles. The lowest BCUT2D eigenvalue weighted by Gasteiger charge is -2.42. The molecule has 3 heterocycles. The van der Waals surface area contributed by atoms with Gasteiger partial charge in [-0.2, -0.15) is 0 Å². The number of rotatable bonds is 6. The van der Waals surface area contributed by atoms with E-state index in [1.165, 1.54) is 0 Å². The number of methoxy groups -OCH3 is 1. The third-order valence-corrected chi connectivity index (χ3v) is 6.00. The van der Waals surface area contributed by atoms with Crippen LogP contribution in [0, 0.1) is 0 Å². The number of aromatic nitrogens is 2. The molecule has 2 aliphatic heterocycles. The maximum Gasteiger partial charge on any atom is 0.256 e. The standard InChI is InChI=1S/C23H32N4O3/c1-18(2)27-20-9-5-4-8-19(20)24-21(27)16-25-12-15-30-23(17-25)10-6-7-11-26(22(23)28)13-14-29-3/h4-9,18H,10-17H2,1-3H3. The Morgan fingerprint density at radius 1 is 1.27 bits per heavy atom. The molecule has 7 nitrogen and oxygen atoms in total. The molecule has 1 atom stereocenters. The summed E-state index contributed by atoms with van der Waals surface area (Å²) in [4.78, 5) is 22.5. The summed E-state index contributed by atoms with van der Waals surface area (Å²) in [7, 11) is 1.66. The second-order valence-corrected chi connectivity index (χ2v) is 8.45. The Labute approximate surface area is 178 Å². The van der Waals surface area contributed by atoms with Gasteiger partial charge < -0.3 is 18.9 Å². The minimum atomic E-state index is -0.826. The first-order valence-corrected chi connectivity index (χ1v) is 10.8. The van der Waals surface area contributed by atoms with E-state index >= 15 is 0 Å². The Morgan fingerprint density at radius 2 is 2.10 bits per heavy atom. The van der Waals surface area contributed by atoms with Crippen molar-refractivity contribution < 1.29 is 14.3 Å². The monoisotopic (exact) mass is 412 g/mol. The average molecular weight is 413 g/mol.